The van der Waals surface area contributed by atoms with Gasteiger partial charge in [-0.05, 0) is 85.6 Å². The van der Waals surface area contributed by atoms with E-state index in [4.69, 9.17) is 0 Å². The first kappa shape index (κ1) is 31.7. The van der Waals surface area contributed by atoms with Crippen LogP contribution in [0, 0.1) is 0 Å². The van der Waals surface area contributed by atoms with Crippen LogP contribution in [0.2, 0.25) is 0 Å². The van der Waals surface area contributed by atoms with Gasteiger partial charge in [-0.25, -0.2) is 0 Å². The SMILES string of the molecule is c1ccc(-c2cccc(-c3ccccc3N(c3ccc4ccccc4c3)c3cccc4c3-c3ccccc3C4(c3ccccc3)c3ccccc3)c2)cc1. The van der Waals surface area contributed by atoms with Crippen LogP contribution in [0.4, 0.5) is 17.1 Å². The molecule has 254 valence electrons. The fraction of sp³-hybridized carbons (Fsp3) is 0.0189. The van der Waals surface area contributed by atoms with Crippen LogP contribution in [-0.2, 0) is 5.41 Å². The summed E-state index contributed by atoms with van der Waals surface area (Å²) in [6, 6.07) is 82.1. The van der Waals surface area contributed by atoms with E-state index in [1.807, 2.05) is 0 Å². The Hall–Kier alpha value is -6.96. The molecule has 0 radical (unpaired) electrons. The predicted molar refractivity (Wildman–Crippen MR) is 227 cm³/mol. The van der Waals surface area contributed by atoms with Crippen LogP contribution >= 0.6 is 0 Å². The summed E-state index contributed by atoms with van der Waals surface area (Å²) in [4.78, 5) is 2.50. The molecule has 0 spiro atoms. The van der Waals surface area contributed by atoms with Gasteiger partial charge in [0.2, 0.25) is 0 Å². The van der Waals surface area contributed by atoms with E-state index in [0.29, 0.717) is 0 Å². The second-order valence-corrected chi connectivity index (χ2v) is 14.1. The summed E-state index contributed by atoms with van der Waals surface area (Å²) in [7, 11) is 0. The maximum absolute atomic E-state index is 2.50. The molecule has 0 amide bonds. The third kappa shape index (κ3) is 5.09. The van der Waals surface area contributed by atoms with Crippen molar-refractivity contribution in [3.8, 4) is 33.4 Å². The summed E-state index contributed by atoms with van der Waals surface area (Å²) in [5.74, 6) is 0. The summed E-state index contributed by atoms with van der Waals surface area (Å²) in [5, 5.41) is 2.43. The van der Waals surface area contributed by atoms with Gasteiger partial charge in [-0.15, -0.1) is 0 Å². The number of para-hydroxylation sites is 1. The molecule has 9 aromatic rings. The second kappa shape index (κ2) is 13.2. The zero-order valence-electron chi connectivity index (χ0n) is 29.8. The second-order valence-electron chi connectivity index (χ2n) is 14.1. The van der Waals surface area contributed by atoms with E-state index in [1.165, 1.54) is 66.4 Å². The molecule has 0 heterocycles. The highest BCUT2D eigenvalue weighted by atomic mass is 15.1. The largest absolute Gasteiger partial charge is 0.309 e. The summed E-state index contributed by atoms with van der Waals surface area (Å²) in [5.41, 5.74) is 15.3. The summed E-state index contributed by atoms with van der Waals surface area (Å²) in [6.07, 6.45) is 0. The average Bonchev–Trinajstić information content (AvgIpc) is 3.57. The molecule has 0 unspecified atom stereocenters. The molecule has 0 saturated carbocycles. The number of fused-ring (bicyclic) bond motifs is 4. The van der Waals surface area contributed by atoms with Gasteiger partial charge in [0.15, 0.2) is 0 Å². The topological polar surface area (TPSA) is 3.24 Å². The fourth-order valence-electron chi connectivity index (χ4n) is 8.79. The number of anilines is 3. The number of rotatable bonds is 7. The molecule has 0 bridgehead atoms. The molecular weight excluding hydrogens is 651 g/mol. The van der Waals surface area contributed by atoms with Crippen molar-refractivity contribution in [3.05, 3.63) is 247 Å². The van der Waals surface area contributed by atoms with Crippen molar-refractivity contribution in [2.24, 2.45) is 0 Å². The van der Waals surface area contributed by atoms with Gasteiger partial charge in [-0.1, -0.05) is 194 Å². The van der Waals surface area contributed by atoms with E-state index in [-0.39, 0.29) is 0 Å². The summed E-state index contributed by atoms with van der Waals surface area (Å²) >= 11 is 0. The Balaban J connectivity index is 1.28. The van der Waals surface area contributed by atoms with Crippen LogP contribution < -0.4 is 4.90 Å². The van der Waals surface area contributed by atoms with Crippen LogP contribution in [0.5, 0.6) is 0 Å². The lowest BCUT2D eigenvalue weighted by atomic mass is 9.68. The first-order valence-corrected chi connectivity index (χ1v) is 18.7. The minimum Gasteiger partial charge on any atom is -0.309 e. The Morgan fingerprint density at radius 3 is 1.61 bits per heavy atom. The van der Waals surface area contributed by atoms with Crippen molar-refractivity contribution in [1.82, 2.24) is 0 Å². The summed E-state index contributed by atoms with van der Waals surface area (Å²) in [6.45, 7) is 0. The van der Waals surface area contributed by atoms with Gasteiger partial charge in [-0.3, -0.25) is 0 Å². The molecule has 10 rings (SSSR count). The Labute approximate surface area is 317 Å². The van der Waals surface area contributed by atoms with E-state index in [2.05, 4.69) is 229 Å². The molecule has 1 aliphatic rings. The fourth-order valence-corrected chi connectivity index (χ4v) is 8.79. The standard InChI is InChI=1S/C53H37N/c1-4-18-38(19-5-1)40-22-16-23-42(36-40)46-28-13-15-32-50(46)54(45-35-34-39-20-10-11-21-41(39)37-45)51-33-17-31-49-52(51)47-29-12-14-30-48(47)53(49,43-24-6-2-7-25-43)44-26-8-3-9-27-44/h1-37H. The minimum atomic E-state index is -0.497. The van der Waals surface area contributed by atoms with Gasteiger partial charge < -0.3 is 4.90 Å². The van der Waals surface area contributed by atoms with Gasteiger partial charge in [0, 0.05) is 16.8 Å². The van der Waals surface area contributed by atoms with Crippen LogP contribution in [0.25, 0.3) is 44.2 Å². The van der Waals surface area contributed by atoms with Crippen molar-refractivity contribution in [2.45, 2.75) is 5.41 Å². The molecule has 1 heteroatoms. The van der Waals surface area contributed by atoms with Crippen LogP contribution in [0.3, 0.4) is 0 Å². The Kier molecular flexibility index (Phi) is 7.78. The van der Waals surface area contributed by atoms with Gasteiger partial charge in [-0.2, -0.15) is 0 Å². The van der Waals surface area contributed by atoms with Crippen molar-refractivity contribution < 1.29 is 0 Å². The number of benzene rings is 9. The molecule has 9 aromatic carbocycles. The molecule has 0 aliphatic heterocycles. The maximum atomic E-state index is 2.50. The smallest absolute Gasteiger partial charge is 0.0714 e. The van der Waals surface area contributed by atoms with E-state index in [0.717, 1.165) is 17.1 Å². The Bertz CT molecular complexity index is 2730. The molecule has 0 aromatic heterocycles. The van der Waals surface area contributed by atoms with E-state index in [9.17, 15) is 0 Å². The predicted octanol–water partition coefficient (Wildman–Crippen LogP) is 14.0. The van der Waals surface area contributed by atoms with E-state index < -0.39 is 5.41 Å². The molecule has 0 saturated heterocycles. The first-order chi connectivity index (χ1) is 26.8. The molecule has 1 aliphatic carbocycles. The first-order valence-electron chi connectivity index (χ1n) is 18.7. The van der Waals surface area contributed by atoms with Crippen LogP contribution in [-0.4, -0.2) is 0 Å². The lowest BCUT2D eigenvalue weighted by Crippen LogP contribution is -2.28. The Morgan fingerprint density at radius 1 is 0.315 bits per heavy atom. The number of nitrogens with zero attached hydrogens (tertiary/aromatic N) is 1. The van der Waals surface area contributed by atoms with E-state index in [1.54, 1.807) is 0 Å². The van der Waals surface area contributed by atoms with Crippen molar-refractivity contribution >= 4 is 27.8 Å². The van der Waals surface area contributed by atoms with Gasteiger partial charge in [0.1, 0.15) is 0 Å². The quantitative estimate of drug-likeness (QED) is 0.161. The normalized spacial score (nSPS) is 12.6. The highest BCUT2D eigenvalue weighted by Gasteiger charge is 2.47. The third-order valence-corrected chi connectivity index (χ3v) is 11.1. The zero-order valence-corrected chi connectivity index (χ0v) is 29.8. The lowest BCUT2D eigenvalue weighted by Gasteiger charge is -2.34. The summed E-state index contributed by atoms with van der Waals surface area (Å²) < 4.78 is 0. The molecule has 0 N–H and O–H groups in total. The maximum Gasteiger partial charge on any atom is 0.0714 e. The van der Waals surface area contributed by atoms with Crippen LogP contribution in [0.15, 0.2) is 224 Å². The van der Waals surface area contributed by atoms with E-state index >= 15 is 0 Å². The minimum absolute atomic E-state index is 0.497. The van der Waals surface area contributed by atoms with Crippen LogP contribution in [0.1, 0.15) is 22.3 Å². The average molecular weight is 688 g/mol. The van der Waals surface area contributed by atoms with Gasteiger partial charge in [0.25, 0.3) is 0 Å². The molecule has 54 heavy (non-hydrogen) atoms. The van der Waals surface area contributed by atoms with Crippen molar-refractivity contribution in [1.29, 1.82) is 0 Å². The van der Waals surface area contributed by atoms with Crippen molar-refractivity contribution in [2.75, 3.05) is 4.90 Å². The van der Waals surface area contributed by atoms with Crippen molar-refractivity contribution in [3.63, 3.8) is 0 Å². The van der Waals surface area contributed by atoms with Gasteiger partial charge in [0.05, 0.1) is 16.8 Å². The number of hydrogen-bond donors (Lipinski definition) is 0. The molecular formula is C53H37N. The highest BCUT2D eigenvalue weighted by molar-refractivity contribution is 6.01. The molecule has 1 nitrogen and oxygen atoms in total. The monoisotopic (exact) mass is 687 g/mol. The Morgan fingerprint density at radius 2 is 0.852 bits per heavy atom. The lowest BCUT2D eigenvalue weighted by molar-refractivity contribution is 0.768. The third-order valence-electron chi connectivity index (χ3n) is 11.1. The zero-order chi connectivity index (χ0) is 35.9. The highest BCUT2D eigenvalue weighted by Crippen LogP contribution is 2.59. The molecule has 0 fully saturated rings. The van der Waals surface area contributed by atoms with Gasteiger partial charge >= 0.3 is 0 Å². The number of hydrogen-bond acceptors (Lipinski definition) is 1. The molecule has 0 atom stereocenters.